The van der Waals surface area contributed by atoms with E-state index in [-0.39, 0.29) is 16.5 Å². The first-order valence-corrected chi connectivity index (χ1v) is 12.9. The van der Waals surface area contributed by atoms with Crippen LogP contribution in [0.5, 0.6) is 0 Å². The number of amides is 1. The number of carboxylic acid groups (broad SMARTS) is 1. The quantitative estimate of drug-likeness (QED) is 0.136. The van der Waals surface area contributed by atoms with Crippen molar-refractivity contribution >= 4 is 41.1 Å². The highest BCUT2D eigenvalue weighted by Crippen LogP contribution is 2.31. The van der Waals surface area contributed by atoms with Gasteiger partial charge in [-0.25, -0.2) is 18.7 Å². The predicted molar refractivity (Wildman–Crippen MR) is 148 cm³/mol. The SMILES string of the molecule is CCc1cc(Nc2nccn3c(-c4ccc(Cl)c(F)c4F)cnc23)ccc1C(=O)NCCC[N+](C)(C)C.O=C[O-]. The number of rotatable bonds is 9. The van der Waals surface area contributed by atoms with Crippen molar-refractivity contribution in [3.05, 3.63) is 76.7 Å². The molecule has 4 rings (SSSR count). The van der Waals surface area contributed by atoms with Crippen molar-refractivity contribution in [3.8, 4) is 11.3 Å². The summed E-state index contributed by atoms with van der Waals surface area (Å²) >= 11 is 5.70. The first kappa shape index (κ1) is 30.5. The maximum absolute atomic E-state index is 14.6. The van der Waals surface area contributed by atoms with E-state index in [0.717, 1.165) is 28.7 Å². The number of hydrogen-bond acceptors (Lipinski definition) is 6. The smallest absolute Gasteiger partial charge is 0.251 e. The Hall–Kier alpha value is -4.09. The second kappa shape index (κ2) is 13.3. The zero-order chi connectivity index (χ0) is 29.4. The van der Waals surface area contributed by atoms with Gasteiger partial charge in [-0.1, -0.05) is 18.5 Å². The lowest BCUT2D eigenvalue weighted by molar-refractivity contribution is -0.870. The molecule has 0 atom stereocenters. The maximum Gasteiger partial charge on any atom is 0.251 e. The Morgan fingerprint density at radius 3 is 2.55 bits per heavy atom. The second-order valence-electron chi connectivity index (χ2n) is 9.91. The summed E-state index contributed by atoms with van der Waals surface area (Å²) in [5.41, 5.74) is 3.09. The molecule has 0 unspecified atom stereocenters. The van der Waals surface area contributed by atoms with Gasteiger partial charge in [-0.3, -0.25) is 9.20 Å². The number of quaternary nitrogens is 1. The van der Waals surface area contributed by atoms with E-state index < -0.39 is 18.1 Å². The number of fused-ring (bicyclic) bond motifs is 1. The first-order valence-electron chi connectivity index (χ1n) is 12.5. The summed E-state index contributed by atoms with van der Waals surface area (Å²) in [7, 11) is 6.37. The van der Waals surface area contributed by atoms with Crippen molar-refractivity contribution in [2.45, 2.75) is 19.8 Å². The molecular weight excluding hydrogens is 542 g/mol. The predicted octanol–water partition coefficient (Wildman–Crippen LogP) is 3.83. The van der Waals surface area contributed by atoms with Gasteiger partial charge in [0.05, 0.1) is 44.6 Å². The lowest BCUT2D eigenvalue weighted by atomic mass is 10.0. The van der Waals surface area contributed by atoms with Crippen LogP contribution in [-0.4, -0.2) is 65.5 Å². The van der Waals surface area contributed by atoms with Crippen molar-refractivity contribution in [3.63, 3.8) is 0 Å². The number of nitrogens with one attached hydrogen (secondary N) is 2. The van der Waals surface area contributed by atoms with Gasteiger partial charge in [0.1, 0.15) is 0 Å². The van der Waals surface area contributed by atoms with Crippen molar-refractivity contribution in [2.75, 3.05) is 39.5 Å². The summed E-state index contributed by atoms with van der Waals surface area (Å²) < 4.78 is 31.1. The van der Waals surface area contributed by atoms with Crippen molar-refractivity contribution in [1.82, 2.24) is 19.7 Å². The Balaban J connectivity index is 0.00000141. The van der Waals surface area contributed by atoms with Crippen LogP contribution in [-0.2, 0) is 11.2 Å². The van der Waals surface area contributed by atoms with Gasteiger partial charge in [0.2, 0.25) is 0 Å². The van der Waals surface area contributed by atoms with E-state index >= 15 is 0 Å². The van der Waals surface area contributed by atoms with Crippen LogP contribution in [0.3, 0.4) is 0 Å². The molecule has 212 valence electrons. The fraction of sp³-hybridized carbons (Fsp3) is 0.286. The summed E-state index contributed by atoms with van der Waals surface area (Å²) in [6.45, 7) is 3.08. The molecule has 2 heterocycles. The minimum atomic E-state index is -1.11. The normalized spacial score (nSPS) is 11.1. The van der Waals surface area contributed by atoms with Crippen molar-refractivity contribution in [1.29, 1.82) is 0 Å². The van der Waals surface area contributed by atoms with E-state index in [2.05, 4.69) is 41.7 Å². The number of nitrogens with zero attached hydrogens (tertiary/aromatic N) is 4. The Labute approximate surface area is 236 Å². The monoisotopic (exact) mass is 572 g/mol. The minimum absolute atomic E-state index is 0.0385. The molecule has 12 heteroatoms. The number of hydrogen-bond donors (Lipinski definition) is 2. The molecule has 0 fully saturated rings. The summed E-state index contributed by atoms with van der Waals surface area (Å²) in [6, 6.07) is 8.23. The van der Waals surface area contributed by atoms with Crippen molar-refractivity contribution < 1.29 is 28.0 Å². The van der Waals surface area contributed by atoms with E-state index in [4.69, 9.17) is 21.5 Å². The lowest BCUT2D eigenvalue weighted by Gasteiger charge is -2.23. The number of benzene rings is 2. The number of anilines is 2. The highest BCUT2D eigenvalue weighted by molar-refractivity contribution is 6.30. The molecule has 0 aliphatic carbocycles. The fourth-order valence-electron chi connectivity index (χ4n) is 4.10. The Morgan fingerprint density at radius 1 is 1.15 bits per heavy atom. The number of imidazole rings is 1. The van der Waals surface area contributed by atoms with Crippen LogP contribution in [0.15, 0.2) is 48.9 Å². The highest BCUT2D eigenvalue weighted by Gasteiger charge is 2.18. The van der Waals surface area contributed by atoms with Gasteiger partial charge in [-0.2, -0.15) is 0 Å². The van der Waals surface area contributed by atoms with Crippen LogP contribution in [0.4, 0.5) is 20.3 Å². The molecule has 0 aliphatic rings. The summed E-state index contributed by atoms with van der Waals surface area (Å²) in [6.07, 6.45) is 6.19. The molecule has 1 amide bonds. The third kappa shape index (κ3) is 7.30. The fourth-order valence-corrected chi connectivity index (χ4v) is 4.25. The molecule has 0 saturated carbocycles. The number of aryl methyl sites for hydroxylation is 1. The largest absolute Gasteiger partial charge is 0.554 e. The van der Waals surface area contributed by atoms with Crippen LogP contribution in [0.1, 0.15) is 29.3 Å². The number of carbonyl (C=O) groups excluding carboxylic acids is 2. The summed E-state index contributed by atoms with van der Waals surface area (Å²) in [5, 5.41) is 14.2. The number of carbonyl (C=O) groups is 2. The van der Waals surface area contributed by atoms with Gasteiger partial charge < -0.3 is 25.0 Å². The molecule has 2 aromatic heterocycles. The molecule has 9 nitrogen and oxygen atoms in total. The summed E-state index contributed by atoms with van der Waals surface area (Å²) in [4.78, 5) is 29.8. The summed E-state index contributed by atoms with van der Waals surface area (Å²) in [5.74, 6) is -1.81. The third-order valence-corrected chi connectivity index (χ3v) is 6.32. The van der Waals surface area contributed by atoms with Gasteiger partial charge in [-0.15, -0.1) is 0 Å². The topological polar surface area (TPSA) is 111 Å². The van der Waals surface area contributed by atoms with Crippen LogP contribution in [0.25, 0.3) is 16.9 Å². The Bertz CT molecular complexity index is 1500. The van der Waals surface area contributed by atoms with E-state index in [9.17, 15) is 13.6 Å². The number of halogens is 3. The number of aromatic nitrogens is 3. The Kier molecular flexibility index (Phi) is 10.1. The van der Waals surface area contributed by atoms with E-state index in [1.54, 1.807) is 22.9 Å². The zero-order valence-electron chi connectivity index (χ0n) is 22.7. The molecule has 2 aromatic carbocycles. The molecule has 0 bridgehead atoms. The molecule has 0 saturated heterocycles. The standard InChI is InChI=1S/C27H29ClF2N6O.CH2O2/c1-5-17-15-18(7-8-19(17)27(37)32-11-6-14-36(2,3)4)34-25-26-33-16-22(35(26)13-12-31-25)20-9-10-21(28)24(30)23(20)29;2-1-3/h7-10,12-13,15-16H,5-6,11,14H2,1-4H3,(H-,31,32,34,37);1H,(H,2,3). The average Bonchev–Trinajstić information content (AvgIpc) is 3.34. The van der Waals surface area contributed by atoms with Gasteiger partial charge >= 0.3 is 0 Å². The molecule has 2 N–H and O–H groups in total. The van der Waals surface area contributed by atoms with Crippen LogP contribution >= 0.6 is 11.6 Å². The average molecular weight is 573 g/mol. The molecule has 0 spiro atoms. The first-order chi connectivity index (χ1) is 19.0. The van der Waals surface area contributed by atoms with Gasteiger partial charge in [0.25, 0.3) is 5.91 Å². The Morgan fingerprint density at radius 2 is 1.88 bits per heavy atom. The molecule has 0 aliphatic heterocycles. The van der Waals surface area contributed by atoms with Gasteiger partial charge in [0, 0.05) is 48.6 Å². The maximum atomic E-state index is 14.6. The molecule has 40 heavy (non-hydrogen) atoms. The molecule has 0 radical (unpaired) electrons. The van der Waals surface area contributed by atoms with E-state index in [1.165, 1.54) is 18.3 Å². The van der Waals surface area contributed by atoms with Crippen LogP contribution in [0.2, 0.25) is 5.02 Å². The van der Waals surface area contributed by atoms with Gasteiger partial charge in [-0.05, 0) is 42.3 Å². The lowest BCUT2D eigenvalue weighted by Crippen LogP contribution is -2.37. The third-order valence-electron chi connectivity index (χ3n) is 6.02. The minimum Gasteiger partial charge on any atom is -0.554 e. The van der Waals surface area contributed by atoms with E-state index in [1.807, 2.05) is 19.1 Å². The molecule has 4 aromatic rings. The van der Waals surface area contributed by atoms with Crippen LogP contribution < -0.4 is 15.7 Å². The molecular formula is C28H31ClF2N6O3. The zero-order valence-corrected chi connectivity index (χ0v) is 23.4. The van der Waals surface area contributed by atoms with E-state index in [0.29, 0.717) is 35.7 Å². The van der Waals surface area contributed by atoms with Gasteiger partial charge in [0.15, 0.2) is 23.1 Å². The highest BCUT2D eigenvalue weighted by atomic mass is 35.5. The van der Waals surface area contributed by atoms with Crippen LogP contribution in [0, 0.1) is 11.6 Å². The van der Waals surface area contributed by atoms with Crippen molar-refractivity contribution in [2.24, 2.45) is 0 Å². The second-order valence-corrected chi connectivity index (χ2v) is 10.3.